The number of hydrogen-bond donors (Lipinski definition) is 1. The van der Waals surface area contributed by atoms with Gasteiger partial charge in [0.25, 0.3) is 5.91 Å². The van der Waals surface area contributed by atoms with Crippen molar-refractivity contribution in [2.24, 2.45) is 0 Å². The number of rotatable bonds is 3. The van der Waals surface area contributed by atoms with Crippen molar-refractivity contribution >= 4 is 23.5 Å². The van der Waals surface area contributed by atoms with E-state index in [4.69, 9.17) is 20.4 Å². The molecule has 6 nitrogen and oxygen atoms in total. The molecule has 0 atom stereocenters. The number of nitrogens with zero attached hydrogens (tertiary/aromatic N) is 2. The molecule has 1 amide bonds. The van der Waals surface area contributed by atoms with Crippen molar-refractivity contribution in [3.05, 3.63) is 29.0 Å². The number of aromatic nitrogens is 2. The van der Waals surface area contributed by atoms with Gasteiger partial charge >= 0.3 is 6.01 Å². The second-order valence-corrected chi connectivity index (χ2v) is 4.13. The van der Waals surface area contributed by atoms with E-state index >= 15 is 0 Å². The molecule has 0 radical (unpaired) electrons. The fourth-order valence-electron chi connectivity index (χ4n) is 1.40. The molecule has 0 aromatic carbocycles. The Kier molecular flexibility index (Phi) is 2.36. The van der Waals surface area contributed by atoms with E-state index in [1.54, 1.807) is 0 Å². The van der Waals surface area contributed by atoms with Crippen molar-refractivity contribution in [2.75, 3.05) is 5.32 Å². The van der Waals surface area contributed by atoms with Crippen molar-refractivity contribution in [1.29, 1.82) is 0 Å². The Labute approximate surface area is 101 Å². The number of hydrogen-bond acceptors (Lipinski definition) is 5. The summed E-state index contributed by atoms with van der Waals surface area (Å²) in [5.41, 5.74) is 0.234. The van der Waals surface area contributed by atoms with E-state index in [0.29, 0.717) is 11.8 Å². The third-order valence-electron chi connectivity index (χ3n) is 2.45. The lowest BCUT2D eigenvalue weighted by Gasteiger charge is -1.96. The first-order chi connectivity index (χ1) is 8.24. The van der Waals surface area contributed by atoms with Gasteiger partial charge in [-0.3, -0.25) is 10.1 Å². The molecule has 0 aliphatic heterocycles. The molecule has 88 valence electrons. The van der Waals surface area contributed by atoms with Crippen LogP contribution < -0.4 is 5.32 Å². The van der Waals surface area contributed by atoms with Crippen molar-refractivity contribution in [2.45, 2.75) is 18.8 Å². The monoisotopic (exact) mass is 253 g/mol. The maximum absolute atomic E-state index is 11.7. The maximum atomic E-state index is 11.7. The summed E-state index contributed by atoms with van der Waals surface area (Å²) in [6, 6.07) is 1.55. The number of carbonyl (C=O) groups excluding carboxylic acids is 1. The van der Waals surface area contributed by atoms with Crippen LogP contribution in [-0.4, -0.2) is 16.1 Å². The Hall–Kier alpha value is -1.82. The number of amides is 1. The van der Waals surface area contributed by atoms with Crippen LogP contribution in [0.3, 0.4) is 0 Å². The minimum Gasteiger partial charge on any atom is -0.452 e. The molecule has 3 rings (SSSR count). The van der Waals surface area contributed by atoms with Gasteiger partial charge < -0.3 is 8.83 Å². The lowest BCUT2D eigenvalue weighted by atomic mass is 10.3. The van der Waals surface area contributed by atoms with Gasteiger partial charge in [-0.05, 0) is 30.5 Å². The minimum absolute atomic E-state index is 0.0319. The smallest absolute Gasteiger partial charge is 0.322 e. The molecular weight excluding hydrogens is 246 g/mol. The van der Waals surface area contributed by atoms with Crippen molar-refractivity contribution < 1.29 is 13.6 Å². The fourth-order valence-corrected chi connectivity index (χ4v) is 1.60. The van der Waals surface area contributed by atoms with Gasteiger partial charge in [0.2, 0.25) is 11.1 Å². The normalized spacial score (nSPS) is 14.9. The average molecular weight is 254 g/mol. The fraction of sp³-hybridized carbons (Fsp3) is 0.300. The molecule has 0 saturated heterocycles. The Morgan fingerprint density at radius 3 is 2.94 bits per heavy atom. The highest BCUT2D eigenvalue weighted by Crippen LogP contribution is 2.39. The molecule has 2 heterocycles. The van der Waals surface area contributed by atoms with Gasteiger partial charge in [0.1, 0.15) is 0 Å². The zero-order valence-corrected chi connectivity index (χ0v) is 9.40. The van der Waals surface area contributed by atoms with E-state index in [9.17, 15) is 4.79 Å². The summed E-state index contributed by atoms with van der Waals surface area (Å²) in [6.45, 7) is 0. The molecule has 0 spiro atoms. The molecule has 1 aliphatic rings. The quantitative estimate of drug-likeness (QED) is 0.909. The summed E-state index contributed by atoms with van der Waals surface area (Å²) in [5, 5.41) is 10.1. The predicted octanol–water partition coefficient (Wildman–Crippen LogP) is 2.45. The first-order valence-electron chi connectivity index (χ1n) is 5.12. The van der Waals surface area contributed by atoms with Gasteiger partial charge in [-0.2, -0.15) is 0 Å². The largest absolute Gasteiger partial charge is 0.452 e. The predicted molar refractivity (Wildman–Crippen MR) is 57.9 cm³/mol. The van der Waals surface area contributed by atoms with Crippen LogP contribution in [0.5, 0.6) is 0 Å². The number of nitrogens with one attached hydrogen (secondary N) is 1. The third-order valence-corrected chi connectivity index (χ3v) is 2.74. The molecule has 0 bridgehead atoms. The number of furan rings is 1. The highest BCUT2D eigenvalue weighted by Gasteiger charge is 2.29. The molecule has 7 heteroatoms. The molecule has 2 aromatic rings. The third kappa shape index (κ3) is 2.03. The van der Waals surface area contributed by atoms with Crippen LogP contribution in [0.2, 0.25) is 5.22 Å². The van der Waals surface area contributed by atoms with Crippen molar-refractivity contribution in [3.8, 4) is 0 Å². The molecule has 1 aliphatic carbocycles. The molecular formula is C10H8ClN3O3. The Bertz CT molecular complexity index is 559. The zero-order chi connectivity index (χ0) is 11.8. The van der Waals surface area contributed by atoms with Crippen LogP contribution in [0.1, 0.15) is 35.0 Å². The summed E-state index contributed by atoms with van der Waals surface area (Å²) >= 11 is 5.67. The van der Waals surface area contributed by atoms with Gasteiger partial charge in [0, 0.05) is 5.92 Å². The van der Waals surface area contributed by atoms with E-state index in [1.165, 1.54) is 12.3 Å². The summed E-state index contributed by atoms with van der Waals surface area (Å²) < 4.78 is 10.1. The van der Waals surface area contributed by atoms with Crippen LogP contribution in [0.25, 0.3) is 0 Å². The highest BCUT2D eigenvalue weighted by molar-refractivity contribution is 6.32. The average Bonchev–Trinajstić information content (AvgIpc) is 2.90. The Balaban J connectivity index is 1.73. The SMILES string of the molecule is O=C(Nc1nnc(C2CC2)o1)c1ccoc1Cl. The second-order valence-electron chi connectivity index (χ2n) is 3.78. The van der Waals surface area contributed by atoms with E-state index in [2.05, 4.69) is 15.5 Å². The van der Waals surface area contributed by atoms with Gasteiger partial charge in [-0.15, -0.1) is 5.10 Å². The van der Waals surface area contributed by atoms with Crippen LogP contribution >= 0.6 is 11.6 Å². The van der Waals surface area contributed by atoms with E-state index < -0.39 is 5.91 Å². The molecule has 1 N–H and O–H groups in total. The number of carbonyl (C=O) groups is 1. The summed E-state index contributed by atoms with van der Waals surface area (Å²) in [7, 11) is 0. The number of halogens is 1. The summed E-state index contributed by atoms with van der Waals surface area (Å²) in [4.78, 5) is 11.7. The van der Waals surface area contributed by atoms with E-state index in [1.807, 2.05) is 0 Å². The molecule has 1 saturated carbocycles. The van der Waals surface area contributed by atoms with Crippen molar-refractivity contribution in [3.63, 3.8) is 0 Å². The van der Waals surface area contributed by atoms with Crippen LogP contribution in [-0.2, 0) is 0 Å². The lowest BCUT2D eigenvalue weighted by molar-refractivity contribution is 0.102. The molecule has 2 aromatic heterocycles. The Morgan fingerprint density at radius 1 is 1.47 bits per heavy atom. The second kappa shape index (κ2) is 3.89. The van der Waals surface area contributed by atoms with Gasteiger partial charge in [-0.25, -0.2) is 0 Å². The lowest BCUT2D eigenvalue weighted by Crippen LogP contribution is -2.11. The van der Waals surface area contributed by atoms with E-state index in [0.717, 1.165) is 12.8 Å². The van der Waals surface area contributed by atoms with Crippen LogP contribution in [0.15, 0.2) is 21.2 Å². The van der Waals surface area contributed by atoms with E-state index in [-0.39, 0.29) is 16.8 Å². The van der Waals surface area contributed by atoms with Gasteiger partial charge in [0.15, 0.2) is 0 Å². The van der Waals surface area contributed by atoms with Gasteiger partial charge in [-0.1, -0.05) is 5.10 Å². The first-order valence-corrected chi connectivity index (χ1v) is 5.49. The van der Waals surface area contributed by atoms with Gasteiger partial charge in [0.05, 0.1) is 11.8 Å². The summed E-state index contributed by atoms with van der Waals surface area (Å²) in [6.07, 6.45) is 3.45. The maximum Gasteiger partial charge on any atom is 0.322 e. The van der Waals surface area contributed by atoms with Crippen LogP contribution in [0, 0.1) is 0 Å². The Morgan fingerprint density at radius 2 is 2.29 bits per heavy atom. The van der Waals surface area contributed by atoms with Crippen molar-refractivity contribution in [1.82, 2.24) is 10.2 Å². The highest BCUT2D eigenvalue weighted by atomic mass is 35.5. The summed E-state index contributed by atoms with van der Waals surface area (Å²) in [5.74, 6) is 0.485. The first kappa shape index (κ1) is 10.3. The standard InChI is InChI=1S/C10H8ClN3O3/c11-7-6(3-4-16-7)8(15)12-10-14-13-9(17-10)5-1-2-5/h3-5H,1-2H2,(H,12,14,15). The molecule has 0 unspecified atom stereocenters. The number of anilines is 1. The minimum atomic E-state index is -0.435. The zero-order valence-electron chi connectivity index (χ0n) is 8.64. The molecule has 1 fully saturated rings. The topological polar surface area (TPSA) is 81.2 Å². The molecule has 17 heavy (non-hydrogen) atoms. The van der Waals surface area contributed by atoms with Crippen LogP contribution in [0.4, 0.5) is 6.01 Å².